The van der Waals surface area contributed by atoms with Gasteiger partial charge in [0.2, 0.25) is 0 Å². The Labute approximate surface area is 148 Å². The van der Waals surface area contributed by atoms with E-state index in [0.29, 0.717) is 12.2 Å². The summed E-state index contributed by atoms with van der Waals surface area (Å²) in [6.07, 6.45) is 8.71. The number of carbonyl (C=O) groups excluding carboxylic acids is 1. The summed E-state index contributed by atoms with van der Waals surface area (Å²) in [7, 11) is 1.66. The maximum absolute atomic E-state index is 10.5. The highest BCUT2D eigenvalue weighted by molar-refractivity contribution is 5.79. The van der Waals surface area contributed by atoms with E-state index in [1.54, 1.807) is 20.1 Å². The van der Waals surface area contributed by atoms with E-state index in [1.807, 2.05) is 32.1 Å². The van der Waals surface area contributed by atoms with Crippen molar-refractivity contribution in [2.45, 2.75) is 27.7 Å². The van der Waals surface area contributed by atoms with Gasteiger partial charge in [-0.25, -0.2) is 0 Å². The number of benzene rings is 1. The molecule has 1 heterocycles. The molecular weight excluding hydrogens is 316 g/mol. The largest absolute Gasteiger partial charge is 0.545 e. The lowest BCUT2D eigenvalue weighted by Crippen LogP contribution is -2.19. The predicted molar refractivity (Wildman–Crippen MR) is 97.6 cm³/mol. The molecule has 4 heteroatoms. The summed E-state index contributed by atoms with van der Waals surface area (Å²) in [4.78, 5) is 10.5. The van der Waals surface area contributed by atoms with Crippen LogP contribution in [-0.4, -0.2) is 19.7 Å². The van der Waals surface area contributed by atoms with Crippen molar-refractivity contribution in [1.29, 1.82) is 0 Å². The van der Waals surface area contributed by atoms with E-state index in [9.17, 15) is 9.90 Å². The summed E-state index contributed by atoms with van der Waals surface area (Å²) in [5.74, 6) is 0.474. The number of rotatable bonds is 5. The molecule has 1 aliphatic heterocycles. The number of carboxylic acid groups (broad SMARTS) is 1. The van der Waals surface area contributed by atoms with Gasteiger partial charge in [-0.3, -0.25) is 0 Å². The van der Waals surface area contributed by atoms with Crippen molar-refractivity contribution in [3.05, 3.63) is 63.8 Å². The van der Waals surface area contributed by atoms with Gasteiger partial charge in [0.25, 0.3) is 0 Å². The molecule has 0 N–H and O–H groups in total. The standard InChI is InChI=1S/C21H24O4/c1-13(9-21(22)23)7-6-8-14(2)17-10-18-15(3)16(4)19(24-5)11-20(18)25-12-17/h6-11H,12H2,1-5H3,(H,22,23)/p-1/b7-6+,13-9+,14-8+. The molecular formula is C21H23O4-. The summed E-state index contributed by atoms with van der Waals surface area (Å²) in [5, 5.41) is 10.5. The first-order chi connectivity index (χ1) is 11.8. The zero-order chi connectivity index (χ0) is 18.6. The van der Waals surface area contributed by atoms with Gasteiger partial charge in [0.15, 0.2) is 0 Å². The van der Waals surface area contributed by atoms with Crippen LogP contribution >= 0.6 is 0 Å². The normalized spacial score (nSPS) is 14.8. The van der Waals surface area contributed by atoms with Crippen molar-refractivity contribution >= 4 is 12.0 Å². The van der Waals surface area contributed by atoms with Crippen LogP contribution in [0.4, 0.5) is 0 Å². The molecule has 0 fully saturated rings. The van der Waals surface area contributed by atoms with Crippen LogP contribution in [0.15, 0.2) is 47.1 Å². The average Bonchev–Trinajstić information content (AvgIpc) is 2.57. The van der Waals surface area contributed by atoms with E-state index in [4.69, 9.17) is 9.47 Å². The summed E-state index contributed by atoms with van der Waals surface area (Å²) in [5.41, 5.74) is 6.10. The lowest BCUT2D eigenvalue weighted by atomic mass is 9.95. The third-order valence-corrected chi connectivity index (χ3v) is 4.34. The Morgan fingerprint density at radius 3 is 2.64 bits per heavy atom. The second-order valence-electron chi connectivity index (χ2n) is 6.12. The highest BCUT2D eigenvalue weighted by Crippen LogP contribution is 2.37. The van der Waals surface area contributed by atoms with Gasteiger partial charge in [-0.15, -0.1) is 0 Å². The Hall–Kier alpha value is -2.75. The average molecular weight is 339 g/mol. The fraction of sp³-hybridized carbons (Fsp3) is 0.286. The van der Waals surface area contributed by atoms with Gasteiger partial charge in [-0.1, -0.05) is 18.2 Å². The Bertz CT molecular complexity index is 808. The summed E-state index contributed by atoms with van der Waals surface area (Å²) < 4.78 is 11.3. The fourth-order valence-electron chi connectivity index (χ4n) is 2.67. The SMILES string of the molecule is COc1cc2c(c(C)c1C)C=C(/C(C)=C/C=C/C(C)=C/C(=O)[O-])CO2. The minimum atomic E-state index is -1.19. The van der Waals surface area contributed by atoms with Crippen molar-refractivity contribution in [3.63, 3.8) is 0 Å². The Morgan fingerprint density at radius 1 is 1.28 bits per heavy atom. The van der Waals surface area contributed by atoms with Gasteiger partial charge in [-0.2, -0.15) is 0 Å². The molecule has 25 heavy (non-hydrogen) atoms. The second-order valence-corrected chi connectivity index (χ2v) is 6.12. The van der Waals surface area contributed by atoms with Crippen molar-refractivity contribution in [1.82, 2.24) is 0 Å². The summed E-state index contributed by atoms with van der Waals surface area (Å²) >= 11 is 0. The number of hydrogen-bond acceptors (Lipinski definition) is 4. The number of carboxylic acids is 1. The first-order valence-electron chi connectivity index (χ1n) is 8.09. The number of ether oxygens (including phenoxy) is 2. The molecule has 0 atom stereocenters. The number of aliphatic carboxylic acids is 1. The third kappa shape index (κ3) is 4.41. The number of fused-ring (bicyclic) bond motifs is 1. The first-order valence-corrected chi connectivity index (χ1v) is 8.09. The third-order valence-electron chi connectivity index (χ3n) is 4.34. The first kappa shape index (κ1) is 18.6. The predicted octanol–water partition coefficient (Wildman–Crippen LogP) is 3.29. The van der Waals surface area contributed by atoms with E-state index in [2.05, 4.69) is 13.0 Å². The fourth-order valence-corrected chi connectivity index (χ4v) is 2.67. The van der Waals surface area contributed by atoms with Crippen molar-refractivity contribution in [2.75, 3.05) is 13.7 Å². The molecule has 2 rings (SSSR count). The van der Waals surface area contributed by atoms with Crippen LogP contribution in [0.2, 0.25) is 0 Å². The zero-order valence-corrected chi connectivity index (χ0v) is 15.3. The Morgan fingerprint density at radius 2 is 2.00 bits per heavy atom. The minimum Gasteiger partial charge on any atom is -0.545 e. The summed E-state index contributed by atoms with van der Waals surface area (Å²) in [6, 6.07) is 1.93. The van der Waals surface area contributed by atoms with Gasteiger partial charge in [-0.05, 0) is 67.7 Å². The van der Waals surface area contributed by atoms with Crippen molar-refractivity contribution in [3.8, 4) is 11.5 Å². The van der Waals surface area contributed by atoms with E-state index in [-0.39, 0.29) is 0 Å². The van der Waals surface area contributed by atoms with E-state index in [0.717, 1.165) is 45.4 Å². The van der Waals surface area contributed by atoms with Crippen LogP contribution in [0.5, 0.6) is 11.5 Å². The maximum Gasteiger partial charge on any atom is 0.131 e. The quantitative estimate of drug-likeness (QED) is 0.610. The molecule has 1 aliphatic rings. The van der Waals surface area contributed by atoms with Gasteiger partial charge in [0.1, 0.15) is 18.1 Å². The molecule has 1 aromatic rings. The topological polar surface area (TPSA) is 58.6 Å². The van der Waals surface area contributed by atoms with Crippen LogP contribution in [0, 0.1) is 13.8 Å². The molecule has 0 radical (unpaired) electrons. The molecule has 1 aromatic carbocycles. The second kappa shape index (κ2) is 7.88. The molecule has 0 bridgehead atoms. The molecule has 0 saturated carbocycles. The molecule has 4 nitrogen and oxygen atoms in total. The highest BCUT2D eigenvalue weighted by atomic mass is 16.5. The minimum absolute atomic E-state index is 0.489. The van der Waals surface area contributed by atoms with Gasteiger partial charge in [0, 0.05) is 11.6 Å². The monoisotopic (exact) mass is 339 g/mol. The van der Waals surface area contributed by atoms with E-state index >= 15 is 0 Å². The lowest BCUT2D eigenvalue weighted by molar-refractivity contribution is -0.297. The zero-order valence-electron chi connectivity index (χ0n) is 15.3. The van der Waals surface area contributed by atoms with Gasteiger partial charge in [0.05, 0.1) is 13.1 Å². The molecule has 0 spiro atoms. The Balaban J connectivity index is 2.29. The van der Waals surface area contributed by atoms with Crippen LogP contribution < -0.4 is 14.6 Å². The van der Waals surface area contributed by atoms with Crippen LogP contribution in [0.25, 0.3) is 6.08 Å². The Kier molecular flexibility index (Phi) is 5.86. The van der Waals surface area contributed by atoms with Crippen LogP contribution in [0.3, 0.4) is 0 Å². The number of allylic oxidation sites excluding steroid dienone is 4. The van der Waals surface area contributed by atoms with Gasteiger partial charge >= 0.3 is 0 Å². The summed E-state index contributed by atoms with van der Waals surface area (Å²) in [6.45, 7) is 8.31. The molecule has 0 aliphatic carbocycles. The maximum atomic E-state index is 10.5. The highest BCUT2D eigenvalue weighted by Gasteiger charge is 2.18. The molecule has 0 saturated heterocycles. The van der Waals surface area contributed by atoms with Crippen LogP contribution in [-0.2, 0) is 4.79 Å². The number of carbonyl (C=O) groups is 1. The van der Waals surface area contributed by atoms with Crippen molar-refractivity contribution < 1.29 is 19.4 Å². The van der Waals surface area contributed by atoms with Gasteiger partial charge < -0.3 is 19.4 Å². The van der Waals surface area contributed by atoms with Crippen LogP contribution in [0.1, 0.15) is 30.5 Å². The smallest absolute Gasteiger partial charge is 0.131 e. The molecule has 0 unspecified atom stereocenters. The van der Waals surface area contributed by atoms with E-state index < -0.39 is 5.97 Å². The molecule has 0 aromatic heterocycles. The van der Waals surface area contributed by atoms with E-state index in [1.165, 1.54) is 0 Å². The number of methoxy groups -OCH3 is 1. The van der Waals surface area contributed by atoms with Crippen molar-refractivity contribution in [2.24, 2.45) is 0 Å². The molecule has 132 valence electrons. The number of hydrogen-bond donors (Lipinski definition) is 0. The molecule has 0 amide bonds. The lowest BCUT2D eigenvalue weighted by Gasteiger charge is -2.22.